The van der Waals surface area contributed by atoms with Crippen molar-refractivity contribution in [3.05, 3.63) is 0 Å². The predicted molar refractivity (Wildman–Crippen MR) is 84.8 cm³/mol. The lowest BCUT2D eigenvalue weighted by atomic mass is 9.91. The normalized spacial score (nSPS) is 12.6. The lowest BCUT2D eigenvalue weighted by Gasteiger charge is -2.37. The highest BCUT2D eigenvalue weighted by molar-refractivity contribution is 4.80. The van der Waals surface area contributed by atoms with Crippen LogP contribution in [0.1, 0.15) is 53.9 Å². The van der Waals surface area contributed by atoms with Crippen molar-refractivity contribution in [1.29, 1.82) is 0 Å². The van der Waals surface area contributed by atoms with Crippen LogP contribution in [0.3, 0.4) is 0 Å². The van der Waals surface area contributed by atoms with Gasteiger partial charge in [-0.3, -0.25) is 4.90 Å². The van der Waals surface area contributed by atoms with Crippen LogP contribution in [0.15, 0.2) is 0 Å². The van der Waals surface area contributed by atoms with Crippen LogP contribution in [0.25, 0.3) is 0 Å². The van der Waals surface area contributed by atoms with Gasteiger partial charge in [0.1, 0.15) is 0 Å². The van der Waals surface area contributed by atoms with Gasteiger partial charge in [0, 0.05) is 32.8 Å². The quantitative estimate of drug-likeness (QED) is 0.552. The summed E-state index contributed by atoms with van der Waals surface area (Å²) in [6.07, 6.45) is 3.65. The van der Waals surface area contributed by atoms with Gasteiger partial charge in [-0.1, -0.05) is 34.6 Å². The smallest absolute Gasteiger partial charge is 0.0589 e. The fourth-order valence-electron chi connectivity index (χ4n) is 2.61. The molecule has 0 spiro atoms. The first-order chi connectivity index (χ1) is 9.00. The van der Waals surface area contributed by atoms with Crippen LogP contribution < -0.4 is 5.32 Å². The van der Waals surface area contributed by atoms with Crippen LogP contribution in [-0.2, 0) is 4.74 Å². The zero-order valence-electron chi connectivity index (χ0n) is 14.1. The van der Waals surface area contributed by atoms with E-state index in [0.29, 0.717) is 11.5 Å². The average molecular weight is 272 g/mol. The molecular formula is C16H36N2O. The summed E-state index contributed by atoms with van der Waals surface area (Å²) < 4.78 is 5.27. The van der Waals surface area contributed by atoms with E-state index in [1.807, 2.05) is 0 Å². The molecule has 3 heteroatoms. The molecule has 0 bridgehead atoms. The molecule has 3 nitrogen and oxygen atoms in total. The predicted octanol–water partition coefficient (Wildman–Crippen LogP) is 3.15. The summed E-state index contributed by atoms with van der Waals surface area (Å²) in [5.41, 5.74) is 0.311. The molecule has 116 valence electrons. The summed E-state index contributed by atoms with van der Waals surface area (Å²) in [4.78, 5) is 2.61. The van der Waals surface area contributed by atoms with Crippen molar-refractivity contribution in [3.8, 4) is 0 Å². The van der Waals surface area contributed by atoms with Gasteiger partial charge in [-0.05, 0) is 31.2 Å². The Morgan fingerprint density at radius 2 is 1.79 bits per heavy atom. The van der Waals surface area contributed by atoms with Crippen molar-refractivity contribution in [2.75, 3.05) is 39.9 Å². The van der Waals surface area contributed by atoms with E-state index in [2.05, 4.69) is 44.8 Å². The Labute approximate surface area is 121 Å². The molecule has 0 aromatic carbocycles. The van der Waals surface area contributed by atoms with Gasteiger partial charge < -0.3 is 10.1 Å². The van der Waals surface area contributed by atoms with Crippen LogP contribution in [0.4, 0.5) is 0 Å². The molecule has 0 aromatic heterocycles. The van der Waals surface area contributed by atoms with Gasteiger partial charge in [0.05, 0.1) is 6.61 Å². The number of methoxy groups -OCH3 is 1. The first kappa shape index (κ1) is 18.9. The highest BCUT2D eigenvalue weighted by Gasteiger charge is 2.24. The second-order valence-corrected chi connectivity index (χ2v) is 6.27. The van der Waals surface area contributed by atoms with Gasteiger partial charge in [-0.15, -0.1) is 0 Å². The van der Waals surface area contributed by atoms with E-state index in [1.165, 1.54) is 19.3 Å². The van der Waals surface area contributed by atoms with Crippen molar-refractivity contribution in [1.82, 2.24) is 10.2 Å². The van der Waals surface area contributed by atoms with Gasteiger partial charge in [0.15, 0.2) is 0 Å². The molecule has 1 N–H and O–H groups in total. The number of hydrogen-bond donors (Lipinski definition) is 1. The van der Waals surface area contributed by atoms with Crippen LogP contribution >= 0.6 is 0 Å². The number of ether oxygens (including phenoxy) is 1. The van der Waals surface area contributed by atoms with E-state index < -0.39 is 0 Å². The van der Waals surface area contributed by atoms with Gasteiger partial charge in [0.25, 0.3) is 0 Å². The van der Waals surface area contributed by atoms with E-state index in [4.69, 9.17) is 4.74 Å². The Morgan fingerprint density at radius 3 is 2.26 bits per heavy atom. The minimum atomic E-state index is 0.311. The van der Waals surface area contributed by atoms with Crippen LogP contribution in [0, 0.1) is 5.41 Å². The maximum absolute atomic E-state index is 5.27. The standard InChI is InChI=1S/C16H36N2O/c1-7-10-17-13-16(4,5)14-18(11-12-19-6)15(8-2)9-3/h15,17H,7-14H2,1-6H3. The van der Waals surface area contributed by atoms with Crippen LogP contribution in [-0.4, -0.2) is 50.8 Å². The maximum Gasteiger partial charge on any atom is 0.0589 e. The fourth-order valence-corrected chi connectivity index (χ4v) is 2.61. The van der Waals surface area contributed by atoms with Gasteiger partial charge >= 0.3 is 0 Å². The van der Waals surface area contributed by atoms with E-state index in [0.717, 1.165) is 32.8 Å². The van der Waals surface area contributed by atoms with Gasteiger partial charge in [-0.25, -0.2) is 0 Å². The molecule has 0 aliphatic rings. The molecule has 0 unspecified atom stereocenters. The number of rotatable bonds is 12. The van der Waals surface area contributed by atoms with Crippen molar-refractivity contribution >= 4 is 0 Å². The minimum absolute atomic E-state index is 0.311. The molecule has 0 aliphatic heterocycles. The fraction of sp³-hybridized carbons (Fsp3) is 1.00. The summed E-state index contributed by atoms with van der Waals surface area (Å²) in [5, 5.41) is 3.55. The summed E-state index contributed by atoms with van der Waals surface area (Å²) in [6, 6.07) is 0.681. The topological polar surface area (TPSA) is 24.5 Å². The van der Waals surface area contributed by atoms with Gasteiger partial charge in [0.2, 0.25) is 0 Å². The van der Waals surface area contributed by atoms with Crippen LogP contribution in [0.5, 0.6) is 0 Å². The number of nitrogens with zero attached hydrogens (tertiary/aromatic N) is 1. The molecule has 0 heterocycles. The van der Waals surface area contributed by atoms with Crippen molar-refractivity contribution in [3.63, 3.8) is 0 Å². The van der Waals surface area contributed by atoms with E-state index >= 15 is 0 Å². The molecule has 0 saturated heterocycles. The molecule has 0 atom stereocenters. The molecule has 19 heavy (non-hydrogen) atoms. The Morgan fingerprint density at radius 1 is 1.16 bits per heavy atom. The molecular weight excluding hydrogens is 236 g/mol. The lowest BCUT2D eigenvalue weighted by Crippen LogP contribution is -2.46. The first-order valence-corrected chi connectivity index (χ1v) is 7.94. The molecule has 0 fully saturated rings. The third-order valence-electron chi connectivity index (χ3n) is 3.70. The first-order valence-electron chi connectivity index (χ1n) is 7.94. The maximum atomic E-state index is 5.27. The van der Waals surface area contributed by atoms with Crippen molar-refractivity contribution in [2.24, 2.45) is 5.41 Å². The summed E-state index contributed by atoms with van der Waals surface area (Å²) in [5.74, 6) is 0. The molecule has 0 aliphatic carbocycles. The second-order valence-electron chi connectivity index (χ2n) is 6.27. The monoisotopic (exact) mass is 272 g/mol. The molecule has 0 saturated carbocycles. The third kappa shape index (κ3) is 8.61. The second kappa shape index (κ2) is 10.6. The average Bonchev–Trinajstić information content (AvgIpc) is 2.37. The highest BCUT2D eigenvalue weighted by Crippen LogP contribution is 2.19. The minimum Gasteiger partial charge on any atom is -0.383 e. The summed E-state index contributed by atoms with van der Waals surface area (Å²) in [7, 11) is 1.79. The van der Waals surface area contributed by atoms with Crippen molar-refractivity contribution in [2.45, 2.75) is 59.9 Å². The zero-order valence-corrected chi connectivity index (χ0v) is 14.1. The Balaban J connectivity index is 4.41. The summed E-state index contributed by atoms with van der Waals surface area (Å²) >= 11 is 0. The Kier molecular flexibility index (Phi) is 10.6. The summed E-state index contributed by atoms with van der Waals surface area (Å²) in [6.45, 7) is 16.7. The Bertz CT molecular complexity index is 203. The SMILES string of the molecule is CCCNCC(C)(C)CN(CCOC)C(CC)CC. The van der Waals surface area contributed by atoms with Crippen LogP contribution in [0.2, 0.25) is 0 Å². The third-order valence-corrected chi connectivity index (χ3v) is 3.70. The van der Waals surface area contributed by atoms with E-state index in [-0.39, 0.29) is 0 Å². The van der Waals surface area contributed by atoms with Gasteiger partial charge in [-0.2, -0.15) is 0 Å². The molecule has 0 aromatic rings. The largest absolute Gasteiger partial charge is 0.383 e. The van der Waals surface area contributed by atoms with E-state index in [9.17, 15) is 0 Å². The zero-order chi connectivity index (χ0) is 14.7. The number of nitrogens with one attached hydrogen (secondary N) is 1. The molecule has 0 rings (SSSR count). The highest BCUT2D eigenvalue weighted by atomic mass is 16.5. The Hall–Kier alpha value is -0.120. The molecule has 0 radical (unpaired) electrons. The molecule has 0 amide bonds. The van der Waals surface area contributed by atoms with Crippen molar-refractivity contribution < 1.29 is 4.74 Å². The number of hydrogen-bond acceptors (Lipinski definition) is 3. The lowest BCUT2D eigenvalue weighted by molar-refractivity contribution is 0.0815. The van der Waals surface area contributed by atoms with E-state index in [1.54, 1.807) is 7.11 Å².